The largest absolute Gasteiger partial charge is 0.388 e. The van der Waals surface area contributed by atoms with E-state index in [2.05, 4.69) is 11.9 Å². The lowest BCUT2D eigenvalue weighted by molar-refractivity contribution is 0.0596. The molecular weight excluding hydrogens is 210 g/mol. The van der Waals surface area contributed by atoms with Crippen molar-refractivity contribution < 1.29 is 9.84 Å². The molecule has 0 spiro atoms. The summed E-state index contributed by atoms with van der Waals surface area (Å²) in [5.41, 5.74) is 0.920. The number of aliphatic hydroxyl groups is 1. The average Bonchev–Trinajstić information content (AvgIpc) is 2.56. The number of rotatable bonds is 5. The summed E-state index contributed by atoms with van der Waals surface area (Å²) in [6.07, 6.45) is 0.557. The van der Waals surface area contributed by atoms with Crippen LogP contribution in [-0.4, -0.2) is 16.7 Å². The molecule has 1 rings (SSSR count). The van der Waals surface area contributed by atoms with Gasteiger partial charge in [0.05, 0.1) is 16.7 Å². The Bertz CT molecular complexity index is 310. The topological polar surface area (TPSA) is 42.4 Å². The van der Waals surface area contributed by atoms with Crippen molar-refractivity contribution >= 4 is 11.3 Å². The molecule has 0 bridgehead atoms. The standard InChI is InChI=1S/C11H19NO2S/c1-5-9(14-6-2)11-12-7(3)10(15-11)8(4)13/h8-9,13H,5-6H2,1-4H3. The first-order valence-electron chi connectivity index (χ1n) is 5.37. The van der Waals surface area contributed by atoms with Gasteiger partial charge >= 0.3 is 0 Å². The first-order chi connectivity index (χ1) is 7.10. The van der Waals surface area contributed by atoms with Crippen LogP contribution in [0.3, 0.4) is 0 Å². The van der Waals surface area contributed by atoms with E-state index in [1.807, 2.05) is 13.8 Å². The molecule has 1 N–H and O–H groups in total. The fourth-order valence-corrected chi connectivity index (χ4v) is 2.66. The quantitative estimate of drug-likeness (QED) is 0.844. The second-order valence-electron chi connectivity index (χ2n) is 3.53. The summed E-state index contributed by atoms with van der Waals surface area (Å²) >= 11 is 1.55. The van der Waals surface area contributed by atoms with Crippen molar-refractivity contribution in [1.82, 2.24) is 4.98 Å². The molecule has 2 atom stereocenters. The van der Waals surface area contributed by atoms with Crippen LogP contribution in [0.15, 0.2) is 0 Å². The Labute approximate surface area is 95.1 Å². The molecule has 4 heteroatoms. The summed E-state index contributed by atoms with van der Waals surface area (Å²) in [7, 11) is 0. The second kappa shape index (κ2) is 5.58. The van der Waals surface area contributed by atoms with Crippen LogP contribution in [0.4, 0.5) is 0 Å². The summed E-state index contributed by atoms with van der Waals surface area (Å²) in [6, 6.07) is 0. The van der Waals surface area contributed by atoms with Crippen LogP contribution in [-0.2, 0) is 4.74 Å². The zero-order valence-electron chi connectivity index (χ0n) is 9.78. The van der Waals surface area contributed by atoms with Crippen LogP contribution >= 0.6 is 11.3 Å². The van der Waals surface area contributed by atoms with Gasteiger partial charge in [0, 0.05) is 6.61 Å². The van der Waals surface area contributed by atoms with Gasteiger partial charge < -0.3 is 9.84 Å². The van der Waals surface area contributed by atoms with E-state index in [0.717, 1.165) is 22.0 Å². The summed E-state index contributed by atoms with van der Waals surface area (Å²) in [5, 5.41) is 10.5. The Balaban J connectivity index is 2.89. The highest BCUT2D eigenvalue weighted by molar-refractivity contribution is 7.11. The lowest BCUT2D eigenvalue weighted by Crippen LogP contribution is -2.02. The van der Waals surface area contributed by atoms with Crippen LogP contribution in [0.5, 0.6) is 0 Å². The van der Waals surface area contributed by atoms with Gasteiger partial charge in [0.25, 0.3) is 0 Å². The SMILES string of the molecule is CCOC(CC)c1nc(C)c(C(C)O)s1. The van der Waals surface area contributed by atoms with E-state index < -0.39 is 6.10 Å². The number of thiazole rings is 1. The maximum absolute atomic E-state index is 9.53. The predicted octanol–water partition coefficient (Wildman–Crippen LogP) is 2.99. The van der Waals surface area contributed by atoms with E-state index in [4.69, 9.17) is 4.74 Å². The number of hydrogen-bond donors (Lipinski definition) is 1. The van der Waals surface area contributed by atoms with Gasteiger partial charge in [0.1, 0.15) is 11.1 Å². The van der Waals surface area contributed by atoms with Crippen LogP contribution in [0.1, 0.15) is 55.0 Å². The van der Waals surface area contributed by atoms with Crippen LogP contribution in [0.2, 0.25) is 0 Å². The third kappa shape index (κ3) is 3.00. The van der Waals surface area contributed by atoms with Crippen molar-refractivity contribution in [1.29, 1.82) is 0 Å². The molecule has 0 aliphatic carbocycles. The molecule has 1 aromatic heterocycles. The number of aromatic nitrogens is 1. The molecule has 0 radical (unpaired) electrons. The molecule has 1 aromatic rings. The number of aryl methyl sites for hydroxylation is 1. The lowest BCUT2D eigenvalue weighted by Gasteiger charge is -2.11. The molecule has 0 aromatic carbocycles. The molecule has 2 unspecified atom stereocenters. The zero-order valence-corrected chi connectivity index (χ0v) is 10.6. The molecule has 86 valence electrons. The Morgan fingerprint density at radius 2 is 2.13 bits per heavy atom. The van der Waals surface area contributed by atoms with Crippen LogP contribution < -0.4 is 0 Å². The van der Waals surface area contributed by atoms with Gasteiger partial charge in [-0.05, 0) is 27.2 Å². The smallest absolute Gasteiger partial charge is 0.122 e. The predicted molar refractivity (Wildman–Crippen MR) is 62.1 cm³/mol. The van der Waals surface area contributed by atoms with Gasteiger partial charge in [-0.25, -0.2) is 4.98 Å². The van der Waals surface area contributed by atoms with Crippen molar-refractivity contribution in [2.75, 3.05) is 6.61 Å². The van der Waals surface area contributed by atoms with E-state index in [9.17, 15) is 5.11 Å². The maximum Gasteiger partial charge on any atom is 0.122 e. The van der Waals surface area contributed by atoms with Gasteiger partial charge in [0.15, 0.2) is 0 Å². The summed E-state index contributed by atoms with van der Waals surface area (Å²) in [4.78, 5) is 5.40. The minimum absolute atomic E-state index is 0.0752. The summed E-state index contributed by atoms with van der Waals surface area (Å²) < 4.78 is 5.59. The fourth-order valence-electron chi connectivity index (χ4n) is 1.52. The van der Waals surface area contributed by atoms with Crippen molar-refractivity contribution in [3.05, 3.63) is 15.6 Å². The number of nitrogens with zero attached hydrogens (tertiary/aromatic N) is 1. The van der Waals surface area contributed by atoms with Crippen molar-refractivity contribution in [3.8, 4) is 0 Å². The van der Waals surface area contributed by atoms with E-state index in [1.165, 1.54) is 0 Å². The molecule has 1 heterocycles. The molecule has 15 heavy (non-hydrogen) atoms. The molecule has 3 nitrogen and oxygen atoms in total. The highest BCUT2D eigenvalue weighted by Crippen LogP contribution is 2.31. The minimum atomic E-state index is -0.435. The van der Waals surface area contributed by atoms with Crippen molar-refractivity contribution in [2.24, 2.45) is 0 Å². The third-order valence-corrected chi connectivity index (χ3v) is 3.66. The fraction of sp³-hybridized carbons (Fsp3) is 0.727. The number of hydrogen-bond acceptors (Lipinski definition) is 4. The first kappa shape index (κ1) is 12.6. The van der Waals surface area contributed by atoms with E-state index >= 15 is 0 Å². The summed E-state index contributed by atoms with van der Waals surface area (Å²) in [5.74, 6) is 0. The lowest BCUT2D eigenvalue weighted by atomic mass is 10.3. The number of aliphatic hydroxyl groups excluding tert-OH is 1. The molecular formula is C11H19NO2S. The van der Waals surface area contributed by atoms with Crippen LogP contribution in [0, 0.1) is 6.92 Å². The van der Waals surface area contributed by atoms with Gasteiger partial charge in [-0.15, -0.1) is 11.3 Å². The normalized spacial score (nSPS) is 15.3. The van der Waals surface area contributed by atoms with E-state index in [1.54, 1.807) is 18.3 Å². The first-order valence-corrected chi connectivity index (χ1v) is 6.18. The van der Waals surface area contributed by atoms with Crippen molar-refractivity contribution in [2.45, 2.75) is 46.3 Å². The molecule has 0 amide bonds. The van der Waals surface area contributed by atoms with Crippen molar-refractivity contribution in [3.63, 3.8) is 0 Å². The van der Waals surface area contributed by atoms with Gasteiger partial charge in [-0.1, -0.05) is 6.92 Å². The van der Waals surface area contributed by atoms with E-state index in [-0.39, 0.29) is 6.10 Å². The summed E-state index contributed by atoms with van der Waals surface area (Å²) in [6.45, 7) is 8.46. The molecule has 0 fully saturated rings. The van der Waals surface area contributed by atoms with E-state index in [0.29, 0.717) is 6.61 Å². The minimum Gasteiger partial charge on any atom is -0.388 e. The Morgan fingerprint density at radius 3 is 2.53 bits per heavy atom. The molecule has 0 aliphatic rings. The molecule has 0 saturated carbocycles. The zero-order chi connectivity index (χ0) is 11.4. The highest BCUT2D eigenvalue weighted by atomic mass is 32.1. The Kier molecular flexibility index (Phi) is 4.70. The Morgan fingerprint density at radius 1 is 1.47 bits per heavy atom. The monoisotopic (exact) mass is 229 g/mol. The Hall–Kier alpha value is -0.450. The highest BCUT2D eigenvalue weighted by Gasteiger charge is 2.18. The maximum atomic E-state index is 9.53. The third-order valence-electron chi connectivity index (χ3n) is 2.24. The van der Waals surface area contributed by atoms with Gasteiger partial charge in [0.2, 0.25) is 0 Å². The van der Waals surface area contributed by atoms with Gasteiger partial charge in [-0.3, -0.25) is 0 Å². The molecule has 0 saturated heterocycles. The second-order valence-corrected chi connectivity index (χ2v) is 4.59. The number of ether oxygens (including phenoxy) is 1. The van der Waals surface area contributed by atoms with Gasteiger partial charge in [-0.2, -0.15) is 0 Å². The average molecular weight is 229 g/mol. The molecule has 0 aliphatic heterocycles. The van der Waals surface area contributed by atoms with Crippen LogP contribution in [0.25, 0.3) is 0 Å².